The van der Waals surface area contributed by atoms with Crippen molar-refractivity contribution >= 4 is 21.8 Å². The standard InChI is InChI=1S/C17H24N6O2S/c1-13-11-16(20-15-8-4-5-9-18-15)21-17(19-13)14-7-6-10-23(12-14)26(24,25)22(2)3/h4-5,8-9,11,14H,6-7,10,12H2,1-3H3,(H,18,19,20,21)/t14-/m0/s1. The summed E-state index contributed by atoms with van der Waals surface area (Å²) in [5.41, 5.74) is 0.834. The van der Waals surface area contributed by atoms with E-state index >= 15 is 0 Å². The molecular formula is C17H24N6O2S. The molecule has 1 fully saturated rings. The van der Waals surface area contributed by atoms with Gasteiger partial charge in [-0.25, -0.2) is 15.0 Å². The lowest BCUT2D eigenvalue weighted by molar-refractivity contribution is 0.293. The van der Waals surface area contributed by atoms with E-state index in [9.17, 15) is 8.42 Å². The van der Waals surface area contributed by atoms with Crippen molar-refractivity contribution in [2.45, 2.75) is 25.7 Å². The number of hydrogen-bond acceptors (Lipinski definition) is 6. The van der Waals surface area contributed by atoms with E-state index in [0.717, 1.165) is 18.5 Å². The first-order valence-corrected chi connectivity index (χ1v) is 9.97. The number of aryl methyl sites for hydroxylation is 1. The summed E-state index contributed by atoms with van der Waals surface area (Å²) >= 11 is 0. The molecule has 0 radical (unpaired) electrons. The summed E-state index contributed by atoms with van der Waals surface area (Å²) in [5, 5.41) is 3.18. The summed E-state index contributed by atoms with van der Waals surface area (Å²) < 4.78 is 27.6. The van der Waals surface area contributed by atoms with Gasteiger partial charge >= 0.3 is 0 Å². The Balaban J connectivity index is 1.82. The lowest BCUT2D eigenvalue weighted by Gasteiger charge is -2.32. The van der Waals surface area contributed by atoms with Crippen LogP contribution < -0.4 is 5.32 Å². The smallest absolute Gasteiger partial charge is 0.281 e. The van der Waals surface area contributed by atoms with Crippen molar-refractivity contribution in [2.75, 3.05) is 32.5 Å². The van der Waals surface area contributed by atoms with Gasteiger partial charge < -0.3 is 5.32 Å². The zero-order valence-electron chi connectivity index (χ0n) is 15.3. The maximum Gasteiger partial charge on any atom is 0.281 e. The first kappa shape index (κ1) is 18.7. The minimum atomic E-state index is -3.42. The number of nitrogens with zero attached hydrogens (tertiary/aromatic N) is 5. The summed E-state index contributed by atoms with van der Waals surface area (Å²) in [7, 11) is -0.319. The van der Waals surface area contributed by atoms with E-state index in [0.29, 0.717) is 30.5 Å². The fourth-order valence-corrected chi connectivity index (χ4v) is 4.19. The molecule has 8 nitrogen and oxygen atoms in total. The predicted octanol–water partition coefficient (Wildman–Crippen LogP) is 1.91. The summed E-state index contributed by atoms with van der Waals surface area (Å²) in [4.78, 5) is 13.4. The van der Waals surface area contributed by atoms with Crippen LogP contribution in [0.4, 0.5) is 11.6 Å². The Morgan fingerprint density at radius 2 is 2.04 bits per heavy atom. The first-order valence-electron chi connectivity index (χ1n) is 8.57. The quantitative estimate of drug-likeness (QED) is 0.857. The Morgan fingerprint density at radius 1 is 1.23 bits per heavy atom. The van der Waals surface area contributed by atoms with Crippen LogP contribution in [-0.4, -0.2) is 59.2 Å². The second kappa shape index (κ2) is 7.65. The summed E-state index contributed by atoms with van der Waals surface area (Å²) in [6, 6.07) is 7.47. The van der Waals surface area contributed by atoms with E-state index in [-0.39, 0.29) is 5.92 Å². The molecule has 2 aromatic heterocycles. The molecule has 3 rings (SSSR count). The van der Waals surface area contributed by atoms with E-state index in [1.54, 1.807) is 20.3 Å². The molecule has 1 N–H and O–H groups in total. The van der Waals surface area contributed by atoms with Crippen LogP contribution >= 0.6 is 0 Å². The third kappa shape index (κ3) is 4.17. The van der Waals surface area contributed by atoms with E-state index in [4.69, 9.17) is 0 Å². The third-order valence-electron chi connectivity index (χ3n) is 4.33. The number of piperidine rings is 1. The van der Waals surface area contributed by atoms with Crippen molar-refractivity contribution in [3.63, 3.8) is 0 Å². The van der Waals surface area contributed by atoms with E-state index in [1.807, 2.05) is 31.2 Å². The summed E-state index contributed by atoms with van der Waals surface area (Å²) in [6.07, 6.45) is 3.37. The van der Waals surface area contributed by atoms with Gasteiger partial charge in [0.05, 0.1) is 0 Å². The first-order chi connectivity index (χ1) is 12.4. The van der Waals surface area contributed by atoms with Gasteiger partial charge in [-0.05, 0) is 31.9 Å². The second-order valence-corrected chi connectivity index (χ2v) is 8.72. The minimum absolute atomic E-state index is 0.0253. The molecule has 1 aliphatic heterocycles. The number of rotatable bonds is 5. The van der Waals surface area contributed by atoms with Crippen LogP contribution in [0.2, 0.25) is 0 Å². The number of aromatic nitrogens is 3. The largest absolute Gasteiger partial charge is 0.325 e. The minimum Gasteiger partial charge on any atom is -0.325 e. The fraction of sp³-hybridized carbons (Fsp3) is 0.471. The molecule has 0 unspecified atom stereocenters. The van der Waals surface area contributed by atoms with Crippen LogP contribution in [0.3, 0.4) is 0 Å². The lowest BCUT2D eigenvalue weighted by Crippen LogP contribution is -2.45. The van der Waals surface area contributed by atoms with Gasteiger partial charge in [-0.3, -0.25) is 0 Å². The van der Waals surface area contributed by atoms with Gasteiger partial charge in [-0.15, -0.1) is 0 Å². The molecule has 26 heavy (non-hydrogen) atoms. The molecule has 0 saturated carbocycles. The molecule has 0 aliphatic carbocycles. The molecule has 0 amide bonds. The van der Waals surface area contributed by atoms with Crippen LogP contribution in [-0.2, 0) is 10.2 Å². The Labute approximate surface area is 154 Å². The normalized spacial score (nSPS) is 18.8. The lowest BCUT2D eigenvalue weighted by atomic mass is 9.99. The topological polar surface area (TPSA) is 91.3 Å². The SMILES string of the molecule is Cc1cc(Nc2ccccn2)nc([C@H]2CCCN(S(=O)(=O)N(C)C)C2)n1. The van der Waals surface area contributed by atoms with E-state index in [2.05, 4.69) is 20.3 Å². The van der Waals surface area contributed by atoms with Gasteiger partial charge in [0.25, 0.3) is 10.2 Å². The fourth-order valence-electron chi connectivity index (χ4n) is 3.00. The van der Waals surface area contributed by atoms with Crippen molar-refractivity contribution in [2.24, 2.45) is 0 Å². The highest BCUT2D eigenvalue weighted by molar-refractivity contribution is 7.86. The monoisotopic (exact) mass is 376 g/mol. The Kier molecular flexibility index (Phi) is 5.49. The Hall–Kier alpha value is -2.10. The molecule has 0 bridgehead atoms. The number of anilines is 2. The van der Waals surface area contributed by atoms with Gasteiger partial charge in [0.15, 0.2) is 0 Å². The molecule has 1 saturated heterocycles. The van der Waals surface area contributed by atoms with Gasteiger partial charge in [0.1, 0.15) is 17.5 Å². The highest BCUT2D eigenvalue weighted by atomic mass is 32.2. The Bertz CT molecular complexity index is 857. The van der Waals surface area contributed by atoms with Gasteiger partial charge in [-0.2, -0.15) is 17.0 Å². The molecule has 9 heteroatoms. The van der Waals surface area contributed by atoms with Crippen LogP contribution in [0.5, 0.6) is 0 Å². The molecule has 1 atom stereocenters. The molecule has 0 aromatic carbocycles. The average Bonchev–Trinajstić information content (AvgIpc) is 2.62. The Morgan fingerprint density at radius 3 is 2.73 bits per heavy atom. The molecular weight excluding hydrogens is 352 g/mol. The molecule has 3 heterocycles. The summed E-state index contributed by atoms with van der Waals surface area (Å²) in [5.74, 6) is 2.01. The van der Waals surface area contributed by atoms with Crippen LogP contribution in [0.15, 0.2) is 30.5 Å². The van der Waals surface area contributed by atoms with Crippen molar-refractivity contribution in [3.05, 3.63) is 42.0 Å². The number of hydrogen-bond donors (Lipinski definition) is 1. The average molecular weight is 376 g/mol. The van der Waals surface area contributed by atoms with E-state index < -0.39 is 10.2 Å². The number of nitrogens with one attached hydrogen (secondary N) is 1. The van der Waals surface area contributed by atoms with E-state index in [1.165, 1.54) is 8.61 Å². The van der Waals surface area contributed by atoms with Crippen LogP contribution in [0.25, 0.3) is 0 Å². The van der Waals surface area contributed by atoms with Crippen molar-refractivity contribution in [3.8, 4) is 0 Å². The zero-order valence-corrected chi connectivity index (χ0v) is 16.1. The molecule has 2 aromatic rings. The molecule has 0 spiro atoms. The van der Waals surface area contributed by atoms with Gasteiger partial charge in [0.2, 0.25) is 0 Å². The van der Waals surface area contributed by atoms with Crippen molar-refractivity contribution < 1.29 is 8.42 Å². The van der Waals surface area contributed by atoms with Crippen LogP contribution in [0.1, 0.15) is 30.3 Å². The summed E-state index contributed by atoms with van der Waals surface area (Å²) in [6.45, 7) is 2.83. The third-order valence-corrected chi connectivity index (χ3v) is 6.24. The highest BCUT2D eigenvalue weighted by Crippen LogP contribution is 2.28. The second-order valence-electron chi connectivity index (χ2n) is 6.58. The molecule has 140 valence electrons. The predicted molar refractivity (Wildman–Crippen MR) is 100 cm³/mol. The number of pyridine rings is 1. The maximum atomic E-state index is 12.4. The van der Waals surface area contributed by atoms with Gasteiger partial charge in [-0.1, -0.05) is 6.07 Å². The maximum absolute atomic E-state index is 12.4. The molecule has 1 aliphatic rings. The highest BCUT2D eigenvalue weighted by Gasteiger charge is 2.32. The zero-order chi connectivity index (χ0) is 18.7. The van der Waals surface area contributed by atoms with Crippen molar-refractivity contribution in [1.29, 1.82) is 0 Å². The van der Waals surface area contributed by atoms with Crippen LogP contribution in [0, 0.1) is 6.92 Å². The van der Waals surface area contributed by atoms with Gasteiger partial charge in [0, 0.05) is 51.1 Å². The van der Waals surface area contributed by atoms with Crippen molar-refractivity contribution in [1.82, 2.24) is 23.6 Å².